The fraction of sp³-hybridized carbons (Fsp3) is 0.733. The van der Waals surface area contributed by atoms with Gasteiger partial charge in [0.25, 0.3) is 5.92 Å². The average molecular weight is 310 g/mol. The van der Waals surface area contributed by atoms with Crippen LogP contribution in [0.5, 0.6) is 0 Å². The van der Waals surface area contributed by atoms with E-state index < -0.39 is 5.92 Å². The van der Waals surface area contributed by atoms with Crippen LogP contribution < -0.4 is 9.80 Å². The standard InChI is InChI=1S/C15H20F2N4O/c16-15(17)3-5-20(6-4-15)11-7-14(19-18-8-11)21-9-12-1-2-13(10-21)22-12/h7-8,12-13H,1-6,9-10H2. The van der Waals surface area contributed by atoms with Gasteiger partial charge in [0, 0.05) is 45.1 Å². The number of anilines is 2. The zero-order valence-electron chi connectivity index (χ0n) is 12.4. The molecule has 0 N–H and O–H groups in total. The average Bonchev–Trinajstić information content (AvgIpc) is 2.86. The van der Waals surface area contributed by atoms with Gasteiger partial charge in [-0.05, 0) is 12.8 Å². The maximum absolute atomic E-state index is 13.3. The van der Waals surface area contributed by atoms with E-state index in [2.05, 4.69) is 15.1 Å². The Labute approximate surface area is 128 Å². The molecule has 0 aromatic carbocycles. The Hall–Kier alpha value is -1.50. The predicted octanol–water partition coefficient (Wildman–Crippen LogP) is 2.08. The molecule has 0 radical (unpaired) electrons. The minimum atomic E-state index is -2.52. The molecular weight excluding hydrogens is 290 g/mol. The molecule has 3 aliphatic rings. The van der Waals surface area contributed by atoms with E-state index in [-0.39, 0.29) is 25.0 Å². The Morgan fingerprint density at radius 2 is 1.77 bits per heavy atom. The Morgan fingerprint density at radius 1 is 1.09 bits per heavy atom. The van der Waals surface area contributed by atoms with Gasteiger partial charge in [-0.1, -0.05) is 0 Å². The minimum Gasteiger partial charge on any atom is -0.371 e. The van der Waals surface area contributed by atoms with Gasteiger partial charge in [0.1, 0.15) is 0 Å². The number of nitrogens with zero attached hydrogens (tertiary/aromatic N) is 4. The topological polar surface area (TPSA) is 41.5 Å². The molecular formula is C15H20F2N4O. The predicted molar refractivity (Wildman–Crippen MR) is 78.5 cm³/mol. The Kier molecular flexibility index (Phi) is 3.40. The second kappa shape index (κ2) is 5.30. The number of piperidine rings is 1. The molecule has 0 amide bonds. The van der Waals surface area contributed by atoms with Gasteiger partial charge in [-0.25, -0.2) is 8.78 Å². The summed E-state index contributed by atoms with van der Waals surface area (Å²) in [6.07, 6.45) is 4.28. The van der Waals surface area contributed by atoms with Crippen molar-refractivity contribution in [1.29, 1.82) is 0 Å². The van der Waals surface area contributed by atoms with Crippen molar-refractivity contribution in [3.63, 3.8) is 0 Å². The Morgan fingerprint density at radius 3 is 2.45 bits per heavy atom. The maximum atomic E-state index is 13.3. The first-order valence-corrected chi connectivity index (χ1v) is 7.95. The molecule has 2 bridgehead atoms. The molecule has 120 valence electrons. The molecule has 3 aliphatic heterocycles. The molecule has 2 atom stereocenters. The van der Waals surface area contributed by atoms with E-state index in [9.17, 15) is 8.78 Å². The third-order valence-corrected chi connectivity index (χ3v) is 4.85. The highest BCUT2D eigenvalue weighted by Crippen LogP contribution is 2.32. The zero-order chi connectivity index (χ0) is 15.2. The highest BCUT2D eigenvalue weighted by molar-refractivity contribution is 5.54. The molecule has 3 fully saturated rings. The van der Waals surface area contributed by atoms with E-state index >= 15 is 0 Å². The van der Waals surface area contributed by atoms with Crippen LogP contribution in [0.3, 0.4) is 0 Å². The van der Waals surface area contributed by atoms with Crippen molar-refractivity contribution in [2.24, 2.45) is 0 Å². The normalized spacial score (nSPS) is 30.6. The van der Waals surface area contributed by atoms with Crippen LogP contribution in [-0.4, -0.2) is 54.5 Å². The van der Waals surface area contributed by atoms with Crippen molar-refractivity contribution in [3.05, 3.63) is 12.3 Å². The van der Waals surface area contributed by atoms with E-state index in [0.29, 0.717) is 13.1 Å². The smallest absolute Gasteiger partial charge is 0.251 e. The number of fused-ring (bicyclic) bond motifs is 2. The van der Waals surface area contributed by atoms with Crippen molar-refractivity contribution >= 4 is 11.5 Å². The van der Waals surface area contributed by atoms with Crippen molar-refractivity contribution < 1.29 is 13.5 Å². The van der Waals surface area contributed by atoms with Crippen LogP contribution in [0, 0.1) is 0 Å². The van der Waals surface area contributed by atoms with E-state index in [4.69, 9.17) is 4.74 Å². The highest BCUT2D eigenvalue weighted by atomic mass is 19.3. The lowest BCUT2D eigenvalue weighted by Crippen LogP contribution is -2.43. The third kappa shape index (κ3) is 2.74. The van der Waals surface area contributed by atoms with Crippen LogP contribution in [0.2, 0.25) is 0 Å². The molecule has 7 heteroatoms. The molecule has 1 aromatic rings. The van der Waals surface area contributed by atoms with Gasteiger partial charge >= 0.3 is 0 Å². The molecule has 22 heavy (non-hydrogen) atoms. The molecule has 0 aliphatic carbocycles. The summed E-state index contributed by atoms with van der Waals surface area (Å²) in [4.78, 5) is 4.19. The number of hydrogen-bond acceptors (Lipinski definition) is 5. The van der Waals surface area contributed by atoms with Gasteiger partial charge in [-0.2, -0.15) is 5.10 Å². The summed E-state index contributed by atoms with van der Waals surface area (Å²) < 4.78 is 32.4. The van der Waals surface area contributed by atoms with Crippen LogP contribution in [0.15, 0.2) is 12.3 Å². The van der Waals surface area contributed by atoms with Crippen molar-refractivity contribution in [2.75, 3.05) is 36.0 Å². The second-order valence-corrected chi connectivity index (χ2v) is 6.48. The number of hydrogen-bond donors (Lipinski definition) is 0. The third-order valence-electron chi connectivity index (χ3n) is 4.85. The first-order valence-electron chi connectivity index (χ1n) is 7.95. The molecule has 1 aromatic heterocycles. The lowest BCUT2D eigenvalue weighted by atomic mass is 10.1. The lowest BCUT2D eigenvalue weighted by molar-refractivity contribution is -0.0220. The maximum Gasteiger partial charge on any atom is 0.251 e. The molecule has 0 saturated carbocycles. The van der Waals surface area contributed by atoms with Crippen molar-refractivity contribution in [1.82, 2.24) is 10.2 Å². The largest absolute Gasteiger partial charge is 0.371 e. The van der Waals surface area contributed by atoms with Gasteiger partial charge in [-0.3, -0.25) is 0 Å². The number of ether oxygens (including phenoxy) is 1. The van der Waals surface area contributed by atoms with E-state index in [1.54, 1.807) is 6.20 Å². The van der Waals surface area contributed by atoms with Crippen LogP contribution >= 0.6 is 0 Å². The summed E-state index contributed by atoms with van der Waals surface area (Å²) in [5.74, 6) is -1.70. The summed E-state index contributed by atoms with van der Waals surface area (Å²) in [5.41, 5.74) is 0.888. The fourth-order valence-electron chi connectivity index (χ4n) is 3.57. The molecule has 4 heterocycles. The second-order valence-electron chi connectivity index (χ2n) is 6.48. The first kappa shape index (κ1) is 14.1. The first-order chi connectivity index (χ1) is 10.6. The number of aromatic nitrogens is 2. The SMILES string of the molecule is FC1(F)CCN(c2cnnc(N3CC4CCC(C3)O4)c2)CC1. The minimum absolute atomic E-state index is 0.0909. The van der Waals surface area contributed by atoms with Gasteiger partial charge in [0.05, 0.1) is 24.1 Å². The van der Waals surface area contributed by atoms with Crippen LogP contribution in [-0.2, 0) is 4.74 Å². The molecule has 2 unspecified atom stereocenters. The number of halogens is 2. The summed E-state index contributed by atoms with van der Waals surface area (Å²) in [7, 11) is 0. The summed E-state index contributed by atoms with van der Waals surface area (Å²) >= 11 is 0. The molecule has 0 spiro atoms. The van der Waals surface area contributed by atoms with Crippen LogP contribution in [0.4, 0.5) is 20.3 Å². The lowest BCUT2D eigenvalue weighted by Gasteiger charge is -2.35. The monoisotopic (exact) mass is 310 g/mol. The van der Waals surface area contributed by atoms with Gasteiger partial charge in [0.2, 0.25) is 0 Å². The van der Waals surface area contributed by atoms with Crippen LogP contribution in [0.25, 0.3) is 0 Å². The fourth-order valence-corrected chi connectivity index (χ4v) is 3.57. The van der Waals surface area contributed by atoms with E-state index in [1.807, 2.05) is 11.0 Å². The summed E-state index contributed by atoms with van der Waals surface area (Å²) in [6, 6.07) is 1.97. The Balaban J connectivity index is 1.49. The summed E-state index contributed by atoms with van der Waals surface area (Å²) in [5, 5.41) is 8.31. The highest BCUT2D eigenvalue weighted by Gasteiger charge is 2.36. The van der Waals surface area contributed by atoms with Gasteiger partial charge in [-0.15, -0.1) is 5.10 Å². The van der Waals surface area contributed by atoms with Gasteiger partial charge in [0.15, 0.2) is 5.82 Å². The van der Waals surface area contributed by atoms with E-state index in [1.165, 1.54) is 0 Å². The molecule has 4 rings (SSSR count). The van der Waals surface area contributed by atoms with Crippen molar-refractivity contribution in [3.8, 4) is 0 Å². The van der Waals surface area contributed by atoms with Crippen molar-refractivity contribution in [2.45, 2.75) is 43.8 Å². The number of rotatable bonds is 2. The van der Waals surface area contributed by atoms with E-state index in [0.717, 1.165) is 37.4 Å². The molecule has 3 saturated heterocycles. The Bertz CT molecular complexity index is 534. The quantitative estimate of drug-likeness (QED) is 0.836. The number of alkyl halides is 2. The molecule has 5 nitrogen and oxygen atoms in total. The van der Waals surface area contributed by atoms with Crippen LogP contribution in [0.1, 0.15) is 25.7 Å². The number of morpholine rings is 1. The zero-order valence-corrected chi connectivity index (χ0v) is 12.4. The summed E-state index contributed by atoms with van der Waals surface area (Å²) in [6.45, 7) is 2.42. The van der Waals surface area contributed by atoms with Gasteiger partial charge < -0.3 is 14.5 Å².